The maximum Gasteiger partial charge on any atom is 0.222 e. The fourth-order valence-corrected chi connectivity index (χ4v) is 4.87. The first-order valence-corrected chi connectivity index (χ1v) is 11.2. The fourth-order valence-electron chi connectivity index (χ4n) is 3.91. The number of carbonyl (C=O) groups is 1. The van der Waals surface area contributed by atoms with Crippen molar-refractivity contribution >= 4 is 27.5 Å². The quantitative estimate of drug-likeness (QED) is 0.626. The molecule has 2 aliphatic rings. The van der Waals surface area contributed by atoms with E-state index in [2.05, 4.69) is 12.1 Å². The van der Waals surface area contributed by atoms with Crippen LogP contribution in [0.2, 0.25) is 0 Å². The topological polar surface area (TPSA) is 60.9 Å². The third kappa shape index (κ3) is 3.75. The van der Waals surface area contributed by atoms with Gasteiger partial charge in [0.1, 0.15) is 17.7 Å². The normalized spacial score (nSPS) is 18.7. The van der Waals surface area contributed by atoms with E-state index in [9.17, 15) is 4.79 Å². The molecule has 0 radical (unpaired) electrons. The van der Waals surface area contributed by atoms with Crippen molar-refractivity contribution < 1.29 is 19.0 Å². The molecule has 0 N–H and O–H groups in total. The molecule has 1 amide bonds. The van der Waals surface area contributed by atoms with Crippen molar-refractivity contribution in [1.82, 2.24) is 9.88 Å². The van der Waals surface area contributed by atoms with Gasteiger partial charge in [0.25, 0.3) is 0 Å². The maximum atomic E-state index is 12.4. The van der Waals surface area contributed by atoms with Crippen LogP contribution in [0.5, 0.6) is 11.5 Å². The third-order valence-corrected chi connectivity index (χ3v) is 6.56. The number of hydrogen-bond donors (Lipinski definition) is 0. The van der Waals surface area contributed by atoms with Gasteiger partial charge in [-0.2, -0.15) is 0 Å². The van der Waals surface area contributed by atoms with Gasteiger partial charge >= 0.3 is 0 Å². The van der Waals surface area contributed by atoms with Crippen molar-refractivity contribution in [3.05, 3.63) is 42.0 Å². The van der Waals surface area contributed by atoms with Crippen LogP contribution in [-0.2, 0) is 16.1 Å². The second-order valence-electron chi connectivity index (χ2n) is 7.57. The number of nitrogens with zero attached hydrogens (tertiary/aromatic N) is 2. The Morgan fingerprint density at radius 3 is 3.00 bits per heavy atom. The van der Waals surface area contributed by atoms with Crippen LogP contribution >= 0.6 is 11.3 Å². The molecule has 5 rings (SSSR count). The Balaban J connectivity index is 1.58. The minimum Gasteiger partial charge on any atom is -0.487 e. The predicted molar refractivity (Wildman–Crippen MR) is 116 cm³/mol. The van der Waals surface area contributed by atoms with Gasteiger partial charge in [0.05, 0.1) is 30.0 Å². The van der Waals surface area contributed by atoms with Gasteiger partial charge in [-0.15, -0.1) is 11.3 Å². The molecular weight excluding hydrogens is 400 g/mol. The number of fused-ring (bicyclic) bond motifs is 2. The molecular formula is C23H24N2O4S. The number of thiazole rings is 1. The van der Waals surface area contributed by atoms with Gasteiger partial charge in [-0.25, -0.2) is 4.98 Å². The van der Waals surface area contributed by atoms with Gasteiger partial charge in [0.2, 0.25) is 5.91 Å². The molecule has 1 saturated heterocycles. The first-order chi connectivity index (χ1) is 14.7. The Morgan fingerprint density at radius 1 is 1.30 bits per heavy atom. The zero-order valence-electron chi connectivity index (χ0n) is 16.9. The van der Waals surface area contributed by atoms with Gasteiger partial charge in [0.15, 0.2) is 11.5 Å². The monoisotopic (exact) mass is 424 g/mol. The summed E-state index contributed by atoms with van der Waals surface area (Å²) in [6.45, 7) is 4.73. The van der Waals surface area contributed by atoms with E-state index in [0.29, 0.717) is 45.1 Å². The molecule has 1 aromatic heterocycles. The number of carbonyl (C=O) groups excluding carboxylic acids is 1. The molecule has 3 heterocycles. The molecule has 0 saturated carbocycles. The molecule has 2 aliphatic heterocycles. The van der Waals surface area contributed by atoms with E-state index in [-0.39, 0.29) is 12.0 Å². The Kier molecular flexibility index (Phi) is 5.31. The van der Waals surface area contributed by atoms with Crippen LogP contribution in [0.15, 0.2) is 36.4 Å². The molecule has 156 valence electrons. The lowest BCUT2D eigenvalue weighted by Gasteiger charge is -2.20. The van der Waals surface area contributed by atoms with Crippen molar-refractivity contribution in [3.63, 3.8) is 0 Å². The SMILES string of the molecule is CCC(=O)N1CCOc2c(cc(-c3nc4ccccc4s3)cc2O[C@H]2CCOC2)C1. The second-order valence-corrected chi connectivity index (χ2v) is 8.60. The van der Waals surface area contributed by atoms with Crippen LogP contribution in [-0.4, -0.2) is 48.3 Å². The van der Waals surface area contributed by atoms with Crippen LogP contribution in [0.4, 0.5) is 0 Å². The Bertz CT molecular complexity index is 1040. The fraction of sp³-hybridized carbons (Fsp3) is 0.391. The average Bonchev–Trinajstić information content (AvgIpc) is 3.38. The predicted octanol–water partition coefficient (Wildman–Crippen LogP) is 4.26. The lowest BCUT2D eigenvalue weighted by atomic mass is 10.1. The van der Waals surface area contributed by atoms with E-state index < -0.39 is 0 Å². The molecule has 7 heteroatoms. The lowest BCUT2D eigenvalue weighted by molar-refractivity contribution is -0.131. The van der Waals surface area contributed by atoms with Gasteiger partial charge in [-0.05, 0) is 24.3 Å². The molecule has 0 unspecified atom stereocenters. The molecule has 30 heavy (non-hydrogen) atoms. The molecule has 1 atom stereocenters. The molecule has 6 nitrogen and oxygen atoms in total. The van der Waals surface area contributed by atoms with Gasteiger partial charge in [-0.3, -0.25) is 4.79 Å². The maximum absolute atomic E-state index is 12.4. The molecule has 0 aliphatic carbocycles. The van der Waals surface area contributed by atoms with Crippen LogP contribution in [0.1, 0.15) is 25.3 Å². The van der Waals surface area contributed by atoms with Crippen molar-refractivity contribution in [2.45, 2.75) is 32.4 Å². The lowest BCUT2D eigenvalue weighted by Crippen LogP contribution is -2.31. The van der Waals surface area contributed by atoms with Crippen LogP contribution in [0, 0.1) is 0 Å². The van der Waals surface area contributed by atoms with Crippen molar-refractivity contribution in [2.24, 2.45) is 0 Å². The zero-order chi connectivity index (χ0) is 20.5. The van der Waals surface area contributed by atoms with E-state index in [4.69, 9.17) is 19.2 Å². The smallest absolute Gasteiger partial charge is 0.222 e. The highest BCUT2D eigenvalue weighted by Crippen LogP contribution is 2.41. The summed E-state index contributed by atoms with van der Waals surface area (Å²) in [4.78, 5) is 19.1. The second kappa shape index (κ2) is 8.24. The van der Waals surface area contributed by atoms with Crippen molar-refractivity contribution in [3.8, 4) is 22.1 Å². The van der Waals surface area contributed by atoms with E-state index >= 15 is 0 Å². The number of benzene rings is 2. The van der Waals surface area contributed by atoms with Gasteiger partial charge in [-0.1, -0.05) is 19.1 Å². The first kappa shape index (κ1) is 19.3. The minimum absolute atomic E-state index is 0.0138. The highest BCUT2D eigenvalue weighted by atomic mass is 32.1. The number of hydrogen-bond acceptors (Lipinski definition) is 6. The minimum atomic E-state index is 0.0138. The summed E-state index contributed by atoms with van der Waals surface area (Å²) >= 11 is 1.66. The first-order valence-electron chi connectivity index (χ1n) is 10.4. The average molecular weight is 425 g/mol. The van der Waals surface area contributed by atoms with E-state index in [1.807, 2.05) is 36.1 Å². The number of para-hydroxylation sites is 1. The highest BCUT2D eigenvalue weighted by molar-refractivity contribution is 7.21. The van der Waals surface area contributed by atoms with Crippen LogP contribution in [0.3, 0.4) is 0 Å². The van der Waals surface area contributed by atoms with Gasteiger partial charge < -0.3 is 19.1 Å². The Morgan fingerprint density at radius 2 is 2.20 bits per heavy atom. The Hall–Kier alpha value is -2.64. The van der Waals surface area contributed by atoms with Crippen molar-refractivity contribution in [1.29, 1.82) is 0 Å². The standard InChI is InChI=1S/C23H24N2O4S/c1-2-21(26)25-8-10-28-22-16(13-25)11-15(12-19(22)29-17-7-9-27-14-17)23-24-18-5-3-4-6-20(18)30-23/h3-6,11-12,17H,2,7-10,13-14H2,1H3/t17-/m0/s1. The molecule has 0 bridgehead atoms. The zero-order valence-corrected chi connectivity index (χ0v) is 17.7. The van der Waals surface area contributed by atoms with E-state index in [1.165, 1.54) is 0 Å². The number of rotatable bonds is 4. The number of amides is 1. The summed E-state index contributed by atoms with van der Waals surface area (Å²) in [6.07, 6.45) is 1.36. The van der Waals surface area contributed by atoms with E-state index in [1.54, 1.807) is 11.3 Å². The highest BCUT2D eigenvalue weighted by Gasteiger charge is 2.26. The third-order valence-electron chi connectivity index (χ3n) is 5.48. The molecule has 2 aromatic carbocycles. The number of ether oxygens (including phenoxy) is 3. The summed E-state index contributed by atoms with van der Waals surface area (Å²) < 4.78 is 19.0. The largest absolute Gasteiger partial charge is 0.487 e. The van der Waals surface area contributed by atoms with Crippen LogP contribution in [0.25, 0.3) is 20.8 Å². The molecule has 0 spiro atoms. The summed E-state index contributed by atoms with van der Waals surface area (Å²) in [5.74, 6) is 1.57. The van der Waals surface area contributed by atoms with Crippen molar-refractivity contribution in [2.75, 3.05) is 26.4 Å². The summed E-state index contributed by atoms with van der Waals surface area (Å²) in [5.41, 5.74) is 2.93. The van der Waals surface area contributed by atoms with Crippen LogP contribution < -0.4 is 9.47 Å². The number of aromatic nitrogens is 1. The van der Waals surface area contributed by atoms with E-state index in [0.717, 1.165) is 38.5 Å². The summed E-state index contributed by atoms with van der Waals surface area (Å²) in [6, 6.07) is 12.2. The van der Waals surface area contributed by atoms with Gasteiger partial charge in [0, 0.05) is 30.5 Å². The summed E-state index contributed by atoms with van der Waals surface area (Å²) in [7, 11) is 0. The molecule has 1 fully saturated rings. The summed E-state index contributed by atoms with van der Waals surface area (Å²) in [5, 5.41) is 0.934. The Labute approximate surface area is 179 Å². The molecule has 3 aromatic rings.